The van der Waals surface area contributed by atoms with E-state index in [4.69, 9.17) is 4.42 Å². The van der Waals surface area contributed by atoms with E-state index in [-0.39, 0.29) is 5.75 Å². The predicted molar refractivity (Wildman–Crippen MR) is 82.2 cm³/mol. The van der Waals surface area contributed by atoms with Gasteiger partial charge in [-0.05, 0) is 42.8 Å². The number of hydrogen-bond donors (Lipinski definition) is 1. The van der Waals surface area contributed by atoms with Crippen LogP contribution < -0.4 is 5.32 Å². The summed E-state index contributed by atoms with van der Waals surface area (Å²) in [5.41, 5.74) is 2.13. The SMILES string of the molecule is Cc1cc(NCc2ccc(CSC(F)F)o2)ccc1Br. The number of thioether (sulfide) groups is 1. The summed E-state index contributed by atoms with van der Waals surface area (Å²) in [6.07, 6.45) is 0. The highest BCUT2D eigenvalue weighted by molar-refractivity contribution is 9.10. The number of furan rings is 1. The number of nitrogens with one attached hydrogen (secondary N) is 1. The van der Waals surface area contributed by atoms with Crippen LogP contribution in [0.3, 0.4) is 0 Å². The molecule has 0 aliphatic rings. The van der Waals surface area contributed by atoms with Gasteiger partial charge in [-0.3, -0.25) is 0 Å². The van der Waals surface area contributed by atoms with E-state index in [1.165, 1.54) is 0 Å². The molecule has 1 N–H and O–H groups in total. The van der Waals surface area contributed by atoms with Gasteiger partial charge in [0.15, 0.2) is 0 Å². The van der Waals surface area contributed by atoms with Crippen LogP contribution in [-0.4, -0.2) is 5.76 Å². The molecule has 2 nitrogen and oxygen atoms in total. The van der Waals surface area contributed by atoms with Crippen molar-refractivity contribution in [2.45, 2.75) is 25.0 Å². The first-order valence-electron chi connectivity index (χ1n) is 6.02. The molecule has 0 radical (unpaired) electrons. The summed E-state index contributed by atoms with van der Waals surface area (Å²) in [6.45, 7) is 2.54. The Kier molecular flexibility index (Phi) is 5.48. The molecule has 1 aromatic heterocycles. The van der Waals surface area contributed by atoms with E-state index in [0.717, 1.165) is 21.5 Å². The van der Waals surface area contributed by atoms with Gasteiger partial charge in [-0.15, -0.1) is 0 Å². The molecular formula is C14H14BrF2NOS. The molecule has 6 heteroatoms. The van der Waals surface area contributed by atoms with Gasteiger partial charge in [-0.25, -0.2) is 0 Å². The van der Waals surface area contributed by atoms with Crippen LogP contribution in [-0.2, 0) is 12.3 Å². The van der Waals surface area contributed by atoms with Gasteiger partial charge in [0.05, 0.1) is 12.3 Å². The van der Waals surface area contributed by atoms with Gasteiger partial charge in [-0.1, -0.05) is 27.7 Å². The van der Waals surface area contributed by atoms with Crippen LogP contribution in [0.4, 0.5) is 14.5 Å². The standard InChI is InChI=1S/C14H14BrF2NOS/c1-9-6-10(2-5-13(9)15)18-7-11-3-4-12(19-11)8-20-14(16)17/h2-6,14,18H,7-8H2,1H3. The Bertz CT molecular complexity index is 574. The largest absolute Gasteiger partial charge is 0.463 e. The third-order valence-electron chi connectivity index (χ3n) is 2.69. The summed E-state index contributed by atoms with van der Waals surface area (Å²) in [7, 11) is 0. The minimum absolute atomic E-state index is 0.190. The molecule has 0 saturated carbocycles. The zero-order chi connectivity index (χ0) is 14.5. The van der Waals surface area contributed by atoms with Gasteiger partial charge in [-0.2, -0.15) is 8.78 Å². The predicted octanol–water partition coefficient (Wildman–Crippen LogP) is 5.42. The van der Waals surface area contributed by atoms with Gasteiger partial charge in [0.2, 0.25) is 0 Å². The summed E-state index contributed by atoms with van der Waals surface area (Å²) in [6, 6.07) is 9.51. The Balaban J connectivity index is 1.89. The highest BCUT2D eigenvalue weighted by atomic mass is 79.9. The van der Waals surface area contributed by atoms with Crippen molar-refractivity contribution >= 4 is 33.4 Å². The van der Waals surface area contributed by atoms with Crippen molar-refractivity contribution in [1.82, 2.24) is 0 Å². The smallest absolute Gasteiger partial charge is 0.284 e. The Morgan fingerprint density at radius 2 is 2.00 bits per heavy atom. The van der Waals surface area contributed by atoms with E-state index in [1.54, 1.807) is 12.1 Å². The van der Waals surface area contributed by atoms with E-state index in [2.05, 4.69) is 21.2 Å². The van der Waals surface area contributed by atoms with Crippen LogP contribution in [0.2, 0.25) is 0 Å². The highest BCUT2D eigenvalue weighted by Crippen LogP contribution is 2.23. The number of benzene rings is 1. The van der Waals surface area contributed by atoms with Crippen molar-refractivity contribution in [1.29, 1.82) is 0 Å². The Morgan fingerprint density at radius 1 is 1.25 bits per heavy atom. The third-order valence-corrected chi connectivity index (χ3v) is 4.29. The monoisotopic (exact) mass is 361 g/mol. The molecule has 0 aliphatic heterocycles. The van der Waals surface area contributed by atoms with Gasteiger partial charge < -0.3 is 9.73 Å². The molecular weight excluding hydrogens is 348 g/mol. The van der Waals surface area contributed by atoms with Crippen molar-refractivity contribution in [2.75, 3.05) is 5.32 Å². The fourth-order valence-corrected chi connectivity index (χ4v) is 2.38. The van der Waals surface area contributed by atoms with E-state index >= 15 is 0 Å². The van der Waals surface area contributed by atoms with E-state index in [9.17, 15) is 8.78 Å². The third kappa shape index (κ3) is 4.52. The lowest BCUT2D eigenvalue weighted by Gasteiger charge is -2.06. The molecule has 1 aromatic carbocycles. The molecule has 108 valence electrons. The molecule has 0 unspecified atom stereocenters. The second kappa shape index (κ2) is 7.13. The van der Waals surface area contributed by atoms with Crippen molar-refractivity contribution < 1.29 is 13.2 Å². The maximum atomic E-state index is 12.1. The average Bonchev–Trinajstić information content (AvgIpc) is 2.86. The van der Waals surface area contributed by atoms with Crippen LogP contribution in [0.25, 0.3) is 0 Å². The Hall–Kier alpha value is -1.01. The first kappa shape index (κ1) is 15.4. The van der Waals surface area contributed by atoms with Crippen LogP contribution in [0.1, 0.15) is 17.1 Å². The van der Waals surface area contributed by atoms with Gasteiger partial charge in [0, 0.05) is 10.2 Å². The quantitative estimate of drug-likeness (QED) is 0.743. The van der Waals surface area contributed by atoms with Crippen LogP contribution >= 0.6 is 27.7 Å². The zero-order valence-electron chi connectivity index (χ0n) is 10.8. The first-order valence-corrected chi connectivity index (χ1v) is 7.86. The van der Waals surface area contributed by atoms with Crippen LogP contribution in [0.15, 0.2) is 39.2 Å². The summed E-state index contributed by atoms with van der Waals surface area (Å²) in [5.74, 6) is -0.878. The second-order valence-corrected chi connectivity index (χ2v) is 6.09. The molecule has 0 fully saturated rings. The molecule has 0 bridgehead atoms. The number of rotatable bonds is 6. The maximum absolute atomic E-state index is 12.1. The lowest BCUT2D eigenvalue weighted by atomic mass is 10.2. The molecule has 2 aromatic rings. The maximum Gasteiger partial charge on any atom is 0.284 e. The van der Waals surface area contributed by atoms with Gasteiger partial charge in [0.1, 0.15) is 11.5 Å². The molecule has 0 saturated heterocycles. The number of aryl methyl sites for hydroxylation is 1. The van der Waals surface area contributed by atoms with Gasteiger partial charge >= 0.3 is 0 Å². The fraction of sp³-hybridized carbons (Fsp3) is 0.286. The van der Waals surface area contributed by atoms with Crippen molar-refractivity contribution in [2.24, 2.45) is 0 Å². The van der Waals surface area contributed by atoms with E-state index in [1.807, 2.05) is 25.1 Å². The van der Waals surface area contributed by atoms with E-state index < -0.39 is 5.76 Å². The number of alkyl halides is 2. The van der Waals surface area contributed by atoms with Crippen LogP contribution in [0.5, 0.6) is 0 Å². The topological polar surface area (TPSA) is 25.2 Å². The molecule has 0 atom stereocenters. The van der Waals surface area contributed by atoms with E-state index in [0.29, 0.717) is 24.1 Å². The summed E-state index contributed by atoms with van der Waals surface area (Å²) in [4.78, 5) is 0. The Labute approximate surface area is 129 Å². The minimum atomic E-state index is -2.37. The highest BCUT2D eigenvalue weighted by Gasteiger charge is 2.07. The lowest BCUT2D eigenvalue weighted by Crippen LogP contribution is -1.98. The van der Waals surface area contributed by atoms with Gasteiger partial charge in [0.25, 0.3) is 5.76 Å². The summed E-state index contributed by atoms with van der Waals surface area (Å²) < 4.78 is 30.7. The fourth-order valence-electron chi connectivity index (χ4n) is 1.68. The molecule has 0 spiro atoms. The molecule has 20 heavy (non-hydrogen) atoms. The summed E-state index contributed by atoms with van der Waals surface area (Å²) >= 11 is 4.01. The zero-order valence-corrected chi connectivity index (χ0v) is 13.2. The lowest BCUT2D eigenvalue weighted by molar-refractivity contribution is 0.251. The normalized spacial score (nSPS) is 11.1. The number of hydrogen-bond acceptors (Lipinski definition) is 3. The Morgan fingerprint density at radius 3 is 2.70 bits per heavy atom. The molecule has 0 amide bonds. The minimum Gasteiger partial charge on any atom is -0.463 e. The second-order valence-electron chi connectivity index (χ2n) is 4.26. The average molecular weight is 362 g/mol. The van der Waals surface area contributed by atoms with Crippen LogP contribution in [0, 0.1) is 6.92 Å². The number of anilines is 1. The molecule has 2 rings (SSSR count). The molecule has 0 aliphatic carbocycles. The van der Waals surface area contributed by atoms with Crippen molar-refractivity contribution in [3.8, 4) is 0 Å². The van der Waals surface area contributed by atoms with Crippen molar-refractivity contribution in [3.05, 3.63) is 51.9 Å². The van der Waals surface area contributed by atoms with Crippen molar-refractivity contribution in [3.63, 3.8) is 0 Å². The molecule has 1 heterocycles. The first-order chi connectivity index (χ1) is 9.54. The number of halogens is 3. The summed E-state index contributed by atoms with van der Waals surface area (Å²) in [5, 5.41) is 3.24.